The summed E-state index contributed by atoms with van der Waals surface area (Å²) in [6.07, 6.45) is -3.70. The molecule has 0 radical (unpaired) electrons. The summed E-state index contributed by atoms with van der Waals surface area (Å²) in [6, 6.07) is 4.68. The van der Waals surface area contributed by atoms with E-state index < -0.39 is 6.29 Å². The SMILES string of the molecule is CC(C)c1csc(-c2cc(N)c3ccc4c(c3n2)OC(F)(F)O4)n1. The van der Waals surface area contributed by atoms with Crippen molar-refractivity contribution in [3.63, 3.8) is 0 Å². The number of thiazole rings is 1. The molecule has 3 aromatic rings. The summed E-state index contributed by atoms with van der Waals surface area (Å²) >= 11 is 1.43. The van der Waals surface area contributed by atoms with Gasteiger partial charge in [0.15, 0.2) is 11.5 Å². The number of anilines is 1. The molecule has 0 aliphatic carbocycles. The lowest BCUT2D eigenvalue weighted by atomic mass is 10.1. The van der Waals surface area contributed by atoms with Gasteiger partial charge in [-0.05, 0) is 24.1 Å². The van der Waals surface area contributed by atoms with Gasteiger partial charge < -0.3 is 15.2 Å². The molecule has 0 saturated carbocycles. The molecule has 0 fully saturated rings. The number of nitrogens with zero attached hydrogens (tertiary/aromatic N) is 2. The molecule has 0 amide bonds. The second kappa shape index (κ2) is 5.01. The maximum atomic E-state index is 13.4. The summed E-state index contributed by atoms with van der Waals surface area (Å²) < 4.78 is 35.8. The van der Waals surface area contributed by atoms with Crippen LogP contribution >= 0.6 is 11.3 Å². The van der Waals surface area contributed by atoms with Gasteiger partial charge in [-0.25, -0.2) is 9.97 Å². The zero-order valence-electron chi connectivity index (χ0n) is 12.8. The maximum Gasteiger partial charge on any atom is 0.586 e. The number of nitrogen functional groups attached to an aromatic ring is 1. The van der Waals surface area contributed by atoms with Crippen LogP contribution in [0.1, 0.15) is 25.5 Å². The highest BCUT2D eigenvalue weighted by atomic mass is 32.1. The largest absolute Gasteiger partial charge is 0.586 e. The van der Waals surface area contributed by atoms with Crippen LogP contribution in [0.4, 0.5) is 14.5 Å². The lowest BCUT2D eigenvalue weighted by molar-refractivity contribution is -0.286. The fourth-order valence-corrected chi connectivity index (χ4v) is 3.44. The van der Waals surface area contributed by atoms with Crippen LogP contribution in [0, 0.1) is 0 Å². The third kappa shape index (κ3) is 2.34. The molecule has 0 atom stereocenters. The van der Waals surface area contributed by atoms with Gasteiger partial charge in [-0.1, -0.05) is 13.8 Å². The number of halogens is 2. The first-order valence-electron chi connectivity index (χ1n) is 7.29. The molecule has 4 rings (SSSR count). The summed E-state index contributed by atoms with van der Waals surface area (Å²) in [7, 11) is 0. The van der Waals surface area contributed by atoms with E-state index in [4.69, 9.17) is 5.73 Å². The van der Waals surface area contributed by atoms with Crippen LogP contribution in [-0.4, -0.2) is 16.3 Å². The lowest BCUT2D eigenvalue weighted by Gasteiger charge is -2.07. The molecule has 0 spiro atoms. The van der Waals surface area contributed by atoms with Crippen molar-refractivity contribution in [3.05, 3.63) is 29.3 Å². The Morgan fingerprint density at radius 2 is 2.00 bits per heavy atom. The van der Waals surface area contributed by atoms with Crippen molar-refractivity contribution in [2.45, 2.75) is 26.1 Å². The van der Waals surface area contributed by atoms with Gasteiger partial charge in [-0.3, -0.25) is 0 Å². The summed E-state index contributed by atoms with van der Waals surface area (Å²) in [6.45, 7) is 4.09. The highest BCUT2D eigenvalue weighted by Crippen LogP contribution is 2.46. The van der Waals surface area contributed by atoms with E-state index in [0.717, 1.165) is 5.69 Å². The smallest absolute Gasteiger partial charge is 0.398 e. The minimum Gasteiger partial charge on any atom is -0.398 e. The Balaban J connectivity index is 1.90. The molecule has 3 heterocycles. The molecule has 124 valence electrons. The third-order valence-electron chi connectivity index (χ3n) is 3.71. The van der Waals surface area contributed by atoms with Crippen LogP contribution in [0.15, 0.2) is 23.6 Å². The van der Waals surface area contributed by atoms with Gasteiger partial charge in [-0.2, -0.15) is 0 Å². The molecular weight excluding hydrogens is 336 g/mol. The molecule has 0 saturated heterocycles. The number of nitrogens with two attached hydrogens (primary N) is 1. The van der Waals surface area contributed by atoms with Gasteiger partial charge in [0.25, 0.3) is 0 Å². The van der Waals surface area contributed by atoms with E-state index in [1.165, 1.54) is 17.4 Å². The highest BCUT2D eigenvalue weighted by Gasteiger charge is 2.44. The van der Waals surface area contributed by atoms with Gasteiger partial charge >= 0.3 is 6.29 Å². The Morgan fingerprint density at radius 3 is 2.71 bits per heavy atom. The van der Waals surface area contributed by atoms with E-state index in [9.17, 15) is 8.78 Å². The van der Waals surface area contributed by atoms with Crippen molar-refractivity contribution in [2.24, 2.45) is 0 Å². The summed E-state index contributed by atoms with van der Waals surface area (Å²) in [5, 5.41) is 3.15. The van der Waals surface area contributed by atoms with Gasteiger partial charge in [0.2, 0.25) is 0 Å². The van der Waals surface area contributed by atoms with Crippen LogP contribution in [0.2, 0.25) is 0 Å². The normalized spacial score (nSPS) is 15.4. The first-order valence-corrected chi connectivity index (χ1v) is 8.17. The number of hydrogen-bond donors (Lipinski definition) is 1. The molecule has 1 aromatic carbocycles. The second-order valence-corrected chi connectivity index (χ2v) is 6.64. The third-order valence-corrected chi connectivity index (χ3v) is 4.60. The maximum absolute atomic E-state index is 13.4. The van der Waals surface area contributed by atoms with Gasteiger partial charge in [-0.15, -0.1) is 20.1 Å². The van der Waals surface area contributed by atoms with Crippen molar-refractivity contribution < 1.29 is 18.3 Å². The zero-order valence-corrected chi connectivity index (χ0v) is 13.7. The molecular formula is C16H13F2N3O2S. The second-order valence-electron chi connectivity index (χ2n) is 5.79. The molecule has 0 bridgehead atoms. The van der Waals surface area contributed by atoms with Crippen molar-refractivity contribution in [1.29, 1.82) is 0 Å². The number of rotatable bonds is 2. The summed E-state index contributed by atoms with van der Waals surface area (Å²) in [5.74, 6) is 0.123. The first kappa shape index (κ1) is 15.1. The topological polar surface area (TPSA) is 70.3 Å². The number of benzene rings is 1. The Labute approximate surface area is 140 Å². The number of pyridine rings is 1. The monoisotopic (exact) mass is 349 g/mol. The average Bonchev–Trinajstić information content (AvgIpc) is 3.10. The van der Waals surface area contributed by atoms with E-state index in [0.29, 0.717) is 21.8 Å². The van der Waals surface area contributed by atoms with Crippen molar-refractivity contribution >= 4 is 27.9 Å². The van der Waals surface area contributed by atoms with E-state index in [1.54, 1.807) is 12.1 Å². The van der Waals surface area contributed by atoms with Crippen molar-refractivity contribution in [2.75, 3.05) is 5.73 Å². The summed E-state index contributed by atoms with van der Waals surface area (Å²) in [5.41, 5.74) is 8.19. The van der Waals surface area contributed by atoms with Crippen LogP contribution in [-0.2, 0) is 0 Å². The van der Waals surface area contributed by atoms with Crippen LogP contribution in [0.3, 0.4) is 0 Å². The minimum atomic E-state index is -3.70. The zero-order chi connectivity index (χ0) is 17.1. The summed E-state index contributed by atoms with van der Waals surface area (Å²) in [4.78, 5) is 8.98. The van der Waals surface area contributed by atoms with E-state index in [2.05, 4.69) is 19.4 Å². The number of fused-ring (bicyclic) bond motifs is 3. The average molecular weight is 349 g/mol. The fourth-order valence-electron chi connectivity index (χ4n) is 2.50. The molecule has 5 nitrogen and oxygen atoms in total. The van der Waals surface area contributed by atoms with Crippen LogP contribution in [0.25, 0.3) is 21.6 Å². The van der Waals surface area contributed by atoms with E-state index in [1.807, 2.05) is 19.2 Å². The molecule has 8 heteroatoms. The minimum absolute atomic E-state index is 0.0569. The van der Waals surface area contributed by atoms with Crippen LogP contribution in [0.5, 0.6) is 11.5 Å². The predicted molar refractivity (Wildman–Crippen MR) is 87.6 cm³/mol. The Morgan fingerprint density at radius 1 is 1.21 bits per heavy atom. The van der Waals surface area contributed by atoms with Crippen molar-refractivity contribution in [1.82, 2.24) is 9.97 Å². The lowest BCUT2D eigenvalue weighted by Crippen LogP contribution is -2.26. The number of ether oxygens (including phenoxy) is 2. The molecule has 1 aliphatic rings. The number of hydrogen-bond acceptors (Lipinski definition) is 6. The van der Waals surface area contributed by atoms with Crippen molar-refractivity contribution in [3.8, 4) is 22.2 Å². The predicted octanol–water partition coefficient (Wildman–Crippen LogP) is 4.39. The molecule has 2 aromatic heterocycles. The Hall–Kier alpha value is -2.48. The first-order chi connectivity index (χ1) is 11.3. The van der Waals surface area contributed by atoms with Gasteiger partial charge in [0.1, 0.15) is 16.2 Å². The standard InChI is InChI=1S/C16H13F2N3O2S/c1-7(2)11-6-24-15(21-11)10-5-9(19)8-3-4-12-14(13(8)20-10)23-16(17,18)22-12/h3-7H,1-2H3,(H2,19,20). The number of alkyl halides is 2. The Bertz CT molecular complexity index is 956. The van der Waals surface area contributed by atoms with E-state index in [-0.39, 0.29) is 22.9 Å². The van der Waals surface area contributed by atoms with Gasteiger partial charge in [0.05, 0.1) is 5.69 Å². The molecule has 0 unspecified atom stereocenters. The quantitative estimate of drug-likeness (QED) is 0.743. The molecule has 24 heavy (non-hydrogen) atoms. The fraction of sp³-hybridized carbons (Fsp3) is 0.250. The molecule has 2 N–H and O–H groups in total. The highest BCUT2D eigenvalue weighted by molar-refractivity contribution is 7.13. The Kier molecular flexibility index (Phi) is 3.14. The van der Waals surface area contributed by atoms with E-state index >= 15 is 0 Å². The number of aromatic nitrogens is 2. The van der Waals surface area contributed by atoms with Gasteiger partial charge in [0, 0.05) is 16.5 Å². The van der Waals surface area contributed by atoms with Crippen LogP contribution < -0.4 is 15.2 Å². The molecule has 1 aliphatic heterocycles.